The monoisotopic (exact) mass is 466 g/mol. The van der Waals surface area contributed by atoms with Gasteiger partial charge in [0, 0.05) is 0 Å². The summed E-state index contributed by atoms with van der Waals surface area (Å²) in [6.07, 6.45) is 2.21. The Morgan fingerprint density at radius 1 is 0.677 bits per heavy atom. The Bertz CT molecular complexity index is 1110. The molecule has 0 amide bonds. The van der Waals surface area contributed by atoms with Crippen LogP contribution in [0.15, 0.2) is 71.8 Å². The van der Waals surface area contributed by atoms with Crippen molar-refractivity contribution in [3.05, 3.63) is 82.9 Å². The summed E-state index contributed by atoms with van der Waals surface area (Å²) in [6.45, 7) is 0. The first kappa shape index (κ1) is 24.2. The quantitative estimate of drug-likeness (QED) is 0.257. The van der Waals surface area contributed by atoms with Crippen molar-refractivity contribution in [1.82, 2.24) is 0 Å². The van der Waals surface area contributed by atoms with Gasteiger partial charge in [-0.1, -0.05) is 60.7 Å². The normalized spacial score (nSPS) is 13.0. The lowest BCUT2D eigenvalue weighted by Gasteiger charge is -2.09. The highest BCUT2D eigenvalue weighted by atomic mass is 32.2. The number of esters is 2. The number of carbonyl (C=O) groups excluding carboxylic acids is 2. The van der Waals surface area contributed by atoms with Gasteiger partial charge < -0.3 is 4.74 Å². The topological polar surface area (TPSA) is 152 Å². The first-order valence-electron chi connectivity index (χ1n) is 8.61. The lowest BCUT2D eigenvalue weighted by Crippen LogP contribution is -2.23. The molecule has 2 aromatic rings. The van der Waals surface area contributed by atoms with E-state index < -0.39 is 54.8 Å². The van der Waals surface area contributed by atoms with Gasteiger partial charge in [0.15, 0.2) is 0 Å². The molecule has 0 saturated carbocycles. The van der Waals surface area contributed by atoms with Crippen molar-refractivity contribution in [3.63, 3.8) is 0 Å². The van der Waals surface area contributed by atoms with Crippen LogP contribution < -0.4 is 0 Å². The fraction of sp³-hybridized carbons (Fsp3) is 0.100. The molecule has 0 saturated heterocycles. The molecule has 0 aromatic heterocycles. The van der Waals surface area contributed by atoms with Crippen LogP contribution in [-0.4, -0.2) is 49.4 Å². The molecular weight excluding hydrogens is 448 g/mol. The van der Waals surface area contributed by atoms with Gasteiger partial charge in [0.2, 0.25) is 0 Å². The smallest absolute Gasteiger partial charge is 0.343 e. The van der Waals surface area contributed by atoms with Crippen molar-refractivity contribution < 1.29 is 40.3 Å². The molecule has 164 valence electrons. The van der Waals surface area contributed by atoms with Crippen LogP contribution in [-0.2, 0) is 34.6 Å². The van der Waals surface area contributed by atoms with Crippen LogP contribution in [0, 0.1) is 0 Å². The summed E-state index contributed by atoms with van der Waals surface area (Å²) < 4.78 is 68.0. The van der Waals surface area contributed by atoms with Gasteiger partial charge in [-0.25, -0.2) is 9.59 Å². The number of hydrogen-bond acceptors (Lipinski definition) is 7. The van der Waals surface area contributed by atoms with Crippen molar-refractivity contribution in [2.45, 2.75) is 0 Å². The van der Waals surface area contributed by atoms with Crippen LogP contribution in [0.3, 0.4) is 0 Å². The number of ether oxygens (including phenoxy) is 1. The Morgan fingerprint density at radius 3 is 1.29 bits per heavy atom. The van der Waals surface area contributed by atoms with E-state index >= 15 is 0 Å². The van der Waals surface area contributed by atoms with E-state index in [0.29, 0.717) is 11.1 Å². The summed E-state index contributed by atoms with van der Waals surface area (Å²) >= 11 is 0. The minimum absolute atomic E-state index is 0.392. The van der Waals surface area contributed by atoms with E-state index in [1.165, 1.54) is 24.3 Å². The summed E-state index contributed by atoms with van der Waals surface area (Å²) in [5.41, 5.74) is -0.340. The third kappa shape index (κ3) is 9.05. The zero-order valence-electron chi connectivity index (χ0n) is 15.9. The lowest BCUT2D eigenvalue weighted by molar-refractivity contribution is -0.153. The molecule has 0 radical (unpaired) electrons. The average molecular weight is 466 g/mol. The van der Waals surface area contributed by atoms with E-state index in [-0.39, 0.29) is 0 Å². The van der Waals surface area contributed by atoms with Gasteiger partial charge in [-0.15, -0.1) is 0 Å². The molecule has 0 fully saturated rings. The standard InChI is InChI=1S/C20H18O9S2/c21-19(17(13-30(23,24)25)11-15-7-3-1-4-8-15)29-20(22)18(14-31(26,27)28)12-16-9-5-2-6-10-16/h1-12H,13-14H2,(H,23,24,25)(H,26,27,28). The number of carbonyl (C=O) groups is 2. The third-order valence-corrected chi connectivity index (χ3v) is 5.02. The van der Waals surface area contributed by atoms with Crippen molar-refractivity contribution in [2.24, 2.45) is 0 Å². The molecule has 31 heavy (non-hydrogen) atoms. The van der Waals surface area contributed by atoms with Gasteiger partial charge >= 0.3 is 11.9 Å². The van der Waals surface area contributed by atoms with E-state index in [4.69, 9.17) is 9.11 Å². The maximum Gasteiger partial charge on any atom is 0.343 e. The molecule has 2 rings (SSSR count). The Hall–Kier alpha value is -3.12. The number of hydrogen-bond donors (Lipinski definition) is 2. The molecule has 11 heteroatoms. The van der Waals surface area contributed by atoms with Crippen LogP contribution in [0.25, 0.3) is 12.2 Å². The molecule has 0 spiro atoms. The second-order valence-electron chi connectivity index (χ2n) is 6.29. The lowest BCUT2D eigenvalue weighted by atomic mass is 10.1. The first-order chi connectivity index (χ1) is 14.4. The molecule has 0 heterocycles. The summed E-state index contributed by atoms with van der Waals surface area (Å²) in [4.78, 5) is 24.9. The molecule has 2 N–H and O–H groups in total. The average Bonchev–Trinajstić information content (AvgIpc) is 2.66. The molecule has 0 aliphatic heterocycles. The zero-order valence-corrected chi connectivity index (χ0v) is 17.5. The highest BCUT2D eigenvalue weighted by Gasteiger charge is 2.25. The highest BCUT2D eigenvalue weighted by Crippen LogP contribution is 2.14. The molecule has 2 aromatic carbocycles. The van der Waals surface area contributed by atoms with Crippen LogP contribution in [0.4, 0.5) is 0 Å². The Balaban J connectivity index is 2.36. The van der Waals surface area contributed by atoms with E-state index in [1.807, 2.05) is 0 Å². The van der Waals surface area contributed by atoms with Crippen molar-refractivity contribution >= 4 is 44.3 Å². The van der Waals surface area contributed by atoms with Crippen LogP contribution in [0.2, 0.25) is 0 Å². The van der Waals surface area contributed by atoms with E-state index in [9.17, 15) is 26.4 Å². The van der Waals surface area contributed by atoms with E-state index in [0.717, 1.165) is 12.2 Å². The minimum Gasteiger partial charge on any atom is -0.386 e. The SMILES string of the molecule is O=C(OC(=O)C(=Cc1ccccc1)CS(=O)(=O)O)C(=Cc1ccccc1)CS(=O)(=O)O. The maximum absolute atomic E-state index is 12.4. The maximum atomic E-state index is 12.4. The molecule has 0 unspecified atom stereocenters. The molecule has 0 aliphatic rings. The highest BCUT2D eigenvalue weighted by molar-refractivity contribution is 7.86. The first-order valence-corrected chi connectivity index (χ1v) is 11.8. The van der Waals surface area contributed by atoms with Crippen LogP contribution in [0.5, 0.6) is 0 Å². The number of rotatable bonds is 8. The van der Waals surface area contributed by atoms with E-state index in [2.05, 4.69) is 4.74 Å². The van der Waals surface area contributed by atoms with Gasteiger partial charge in [-0.05, 0) is 23.3 Å². The summed E-state index contributed by atoms with van der Waals surface area (Å²) in [5, 5.41) is 0. The number of benzene rings is 2. The molecule has 0 atom stereocenters. The van der Waals surface area contributed by atoms with Crippen molar-refractivity contribution in [1.29, 1.82) is 0 Å². The predicted octanol–water partition coefficient (Wildman–Crippen LogP) is 2.00. The largest absolute Gasteiger partial charge is 0.386 e. The molecule has 0 bridgehead atoms. The summed E-state index contributed by atoms with van der Waals surface area (Å²) in [5.74, 6) is -5.07. The minimum atomic E-state index is -4.65. The zero-order chi connectivity index (χ0) is 23.1. The molecule has 0 aliphatic carbocycles. The Labute approximate surface area is 179 Å². The van der Waals surface area contributed by atoms with Gasteiger partial charge in [0.05, 0.1) is 11.1 Å². The summed E-state index contributed by atoms with van der Waals surface area (Å²) in [6, 6.07) is 16.0. The predicted molar refractivity (Wildman–Crippen MR) is 113 cm³/mol. The van der Waals surface area contributed by atoms with E-state index in [1.54, 1.807) is 36.4 Å². The fourth-order valence-corrected chi connectivity index (χ4v) is 3.62. The Kier molecular flexibility index (Phi) is 8.00. The Morgan fingerprint density at radius 2 is 1.00 bits per heavy atom. The van der Waals surface area contributed by atoms with Gasteiger partial charge in [-0.3, -0.25) is 9.11 Å². The fourth-order valence-electron chi connectivity index (χ4n) is 2.43. The summed E-state index contributed by atoms with van der Waals surface area (Å²) in [7, 11) is -9.31. The van der Waals surface area contributed by atoms with Crippen molar-refractivity contribution in [3.8, 4) is 0 Å². The van der Waals surface area contributed by atoms with Gasteiger partial charge in [0.25, 0.3) is 20.2 Å². The molecule has 9 nitrogen and oxygen atoms in total. The van der Waals surface area contributed by atoms with Gasteiger partial charge in [-0.2, -0.15) is 16.8 Å². The van der Waals surface area contributed by atoms with Crippen LogP contribution in [0.1, 0.15) is 11.1 Å². The van der Waals surface area contributed by atoms with Gasteiger partial charge in [0.1, 0.15) is 11.5 Å². The molecular formula is C20H18O9S2. The second kappa shape index (κ2) is 10.3. The second-order valence-corrected chi connectivity index (χ2v) is 9.20. The van der Waals surface area contributed by atoms with Crippen LogP contribution >= 0.6 is 0 Å². The third-order valence-electron chi connectivity index (χ3n) is 3.67. The van der Waals surface area contributed by atoms with Crippen molar-refractivity contribution in [2.75, 3.05) is 11.5 Å².